The van der Waals surface area contributed by atoms with Gasteiger partial charge in [-0.2, -0.15) is 0 Å². The van der Waals surface area contributed by atoms with Crippen molar-refractivity contribution in [2.24, 2.45) is 5.73 Å². The Labute approximate surface area is 196 Å². The number of amides is 1. The molecule has 0 saturated carbocycles. The molecular formula is C21H25Cl3N4O3. The minimum Gasteiger partial charge on any atom is -0.494 e. The lowest BCUT2D eigenvalue weighted by Crippen LogP contribution is -2.31. The Hall–Kier alpha value is -2.19. The summed E-state index contributed by atoms with van der Waals surface area (Å²) in [4.78, 5) is 27.6. The number of aromatic nitrogens is 2. The van der Waals surface area contributed by atoms with Crippen molar-refractivity contribution in [3.63, 3.8) is 0 Å². The highest BCUT2D eigenvalue weighted by atomic mass is 35.5. The van der Waals surface area contributed by atoms with Gasteiger partial charge in [0.25, 0.3) is 0 Å². The van der Waals surface area contributed by atoms with Crippen molar-refractivity contribution in [3.8, 4) is 11.4 Å². The van der Waals surface area contributed by atoms with E-state index in [1.807, 2.05) is 0 Å². The zero-order valence-electron chi connectivity index (χ0n) is 17.5. The second kappa shape index (κ2) is 10.4. The fourth-order valence-corrected chi connectivity index (χ4v) is 4.02. The van der Waals surface area contributed by atoms with Gasteiger partial charge < -0.3 is 15.4 Å². The number of benzene rings is 2. The van der Waals surface area contributed by atoms with E-state index in [9.17, 15) is 9.59 Å². The van der Waals surface area contributed by atoms with Gasteiger partial charge in [-0.3, -0.25) is 13.9 Å². The van der Waals surface area contributed by atoms with Crippen LogP contribution in [0.1, 0.15) is 24.2 Å². The van der Waals surface area contributed by atoms with Gasteiger partial charge in [0.15, 0.2) is 0 Å². The van der Waals surface area contributed by atoms with E-state index in [-0.39, 0.29) is 23.7 Å². The van der Waals surface area contributed by atoms with E-state index in [1.165, 1.54) is 17.7 Å². The summed E-state index contributed by atoms with van der Waals surface area (Å²) < 4.78 is 8.62. The summed E-state index contributed by atoms with van der Waals surface area (Å²) in [7, 11) is 1.48. The number of imidazole rings is 1. The number of methoxy groups -OCH3 is 1. The van der Waals surface area contributed by atoms with E-state index in [0.717, 1.165) is 13.1 Å². The molecule has 0 radical (unpaired) electrons. The van der Waals surface area contributed by atoms with Crippen molar-refractivity contribution in [1.82, 2.24) is 14.0 Å². The number of nitrogens with two attached hydrogens (primary N) is 1. The zero-order valence-corrected chi connectivity index (χ0v) is 19.9. The Morgan fingerprint density at radius 2 is 1.84 bits per heavy atom. The first kappa shape index (κ1) is 25.1. The van der Waals surface area contributed by atoms with Gasteiger partial charge in [-0.1, -0.05) is 37.0 Å². The van der Waals surface area contributed by atoms with Crippen LogP contribution in [0.2, 0.25) is 10.0 Å². The second-order valence-corrected chi connectivity index (χ2v) is 7.65. The minimum atomic E-state index is -0.602. The van der Waals surface area contributed by atoms with Crippen LogP contribution in [0.3, 0.4) is 0 Å². The third-order valence-electron chi connectivity index (χ3n) is 5.18. The molecule has 0 spiro atoms. The summed E-state index contributed by atoms with van der Waals surface area (Å²) in [6.45, 7) is 6.96. The Balaban J connectivity index is 0.00000341. The largest absolute Gasteiger partial charge is 0.494 e. The fourth-order valence-electron chi connectivity index (χ4n) is 3.52. The van der Waals surface area contributed by atoms with Crippen LogP contribution in [0.15, 0.2) is 35.1 Å². The standard InChI is InChI=1S/C21H24Cl2N4O3.ClH/c1-4-25(5-2)8-9-26-17-10-13(20(24)28)11-18(30-3)19(17)27(21(26)29)16-7-6-14(22)12-15(16)23;/h6-7,10-12H,4-5,8-9H2,1-3H3,(H2,24,28);1H. The van der Waals surface area contributed by atoms with Crippen molar-refractivity contribution in [3.05, 3.63) is 56.4 Å². The third kappa shape index (κ3) is 4.85. The van der Waals surface area contributed by atoms with Gasteiger partial charge in [0.1, 0.15) is 11.3 Å². The lowest BCUT2D eigenvalue weighted by atomic mass is 10.1. The van der Waals surface area contributed by atoms with Crippen molar-refractivity contribution in [2.45, 2.75) is 20.4 Å². The third-order valence-corrected chi connectivity index (χ3v) is 5.72. The first-order chi connectivity index (χ1) is 14.3. The molecule has 1 aromatic heterocycles. The van der Waals surface area contributed by atoms with Crippen LogP contribution in [-0.4, -0.2) is 46.7 Å². The van der Waals surface area contributed by atoms with Gasteiger partial charge in [-0.15, -0.1) is 12.4 Å². The summed E-state index contributed by atoms with van der Waals surface area (Å²) in [5.74, 6) is -0.249. The van der Waals surface area contributed by atoms with E-state index >= 15 is 0 Å². The average Bonchev–Trinajstić information content (AvgIpc) is 2.99. The molecule has 0 fully saturated rings. The summed E-state index contributed by atoms with van der Waals surface area (Å²) in [5, 5.41) is 0.790. The number of likely N-dealkylation sites (N-methyl/N-ethyl adjacent to an activating group) is 1. The van der Waals surface area contributed by atoms with Crippen LogP contribution in [0.4, 0.5) is 0 Å². The molecule has 0 aliphatic carbocycles. The maximum absolute atomic E-state index is 13.5. The van der Waals surface area contributed by atoms with Crippen LogP contribution in [0.25, 0.3) is 16.7 Å². The Morgan fingerprint density at radius 1 is 1.16 bits per heavy atom. The van der Waals surface area contributed by atoms with Crippen LogP contribution >= 0.6 is 35.6 Å². The number of primary amides is 1. The number of fused-ring (bicyclic) bond motifs is 1. The number of hydrogen-bond donors (Lipinski definition) is 1. The summed E-state index contributed by atoms with van der Waals surface area (Å²) in [6, 6.07) is 8.07. The maximum Gasteiger partial charge on any atom is 0.333 e. The van der Waals surface area contributed by atoms with Gasteiger partial charge in [0.2, 0.25) is 5.91 Å². The lowest BCUT2D eigenvalue weighted by molar-refractivity contribution is 0.1000. The quantitative estimate of drug-likeness (QED) is 0.521. The molecule has 7 nitrogen and oxygen atoms in total. The molecule has 3 aromatic rings. The monoisotopic (exact) mass is 486 g/mol. The minimum absolute atomic E-state index is 0. The Bertz CT molecular complexity index is 1150. The van der Waals surface area contributed by atoms with Crippen molar-refractivity contribution in [1.29, 1.82) is 0 Å². The van der Waals surface area contributed by atoms with Gasteiger partial charge in [-0.05, 0) is 43.4 Å². The number of carbonyl (C=O) groups excluding carboxylic acids is 1. The van der Waals surface area contributed by atoms with Gasteiger partial charge in [0.05, 0.1) is 23.3 Å². The van der Waals surface area contributed by atoms with Crippen molar-refractivity contribution < 1.29 is 9.53 Å². The molecular weight excluding hydrogens is 463 g/mol. The number of hydrogen-bond acceptors (Lipinski definition) is 4. The van der Waals surface area contributed by atoms with Crippen LogP contribution in [0, 0.1) is 0 Å². The predicted octanol–water partition coefficient (Wildman–Crippen LogP) is 3.97. The van der Waals surface area contributed by atoms with E-state index in [0.29, 0.717) is 45.6 Å². The zero-order chi connectivity index (χ0) is 22.0. The van der Waals surface area contributed by atoms with Crippen molar-refractivity contribution in [2.75, 3.05) is 26.7 Å². The molecule has 0 aliphatic rings. The molecule has 2 N–H and O–H groups in total. The molecule has 10 heteroatoms. The lowest BCUT2D eigenvalue weighted by Gasteiger charge is -2.18. The molecule has 0 saturated heterocycles. The molecule has 168 valence electrons. The van der Waals surface area contributed by atoms with Gasteiger partial charge in [0, 0.05) is 23.7 Å². The second-order valence-electron chi connectivity index (χ2n) is 6.80. The van der Waals surface area contributed by atoms with Crippen molar-refractivity contribution >= 4 is 52.5 Å². The molecule has 2 aromatic carbocycles. The van der Waals surface area contributed by atoms with Crippen LogP contribution in [-0.2, 0) is 6.54 Å². The van der Waals surface area contributed by atoms with E-state index in [4.69, 9.17) is 33.7 Å². The predicted molar refractivity (Wildman–Crippen MR) is 128 cm³/mol. The number of halogens is 3. The molecule has 1 heterocycles. The number of rotatable bonds is 8. The number of carbonyl (C=O) groups is 1. The van der Waals surface area contributed by atoms with E-state index in [2.05, 4.69) is 18.7 Å². The van der Waals surface area contributed by atoms with Gasteiger partial charge in [-0.25, -0.2) is 4.79 Å². The molecule has 1 amide bonds. The number of nitrogens with zero attached hydrogens (tertiary/aromatic N) is 3. The Morgan fingerprint density at radius 3 is 2.39 bits per heavy atom. The fraction of sp³-hybridized carbons (Fsp3) is 0.333. The van der Waals surface area contributed by atoms with E-state index in [1.54, 1.807) is 28.8 Å². The first-order valence-corrected chi connectivity index (χ1v) is 10.4. The Kier molecular flexibility index (Phi) is 8.42. The molecule has 0 aliphatic heterocycles. The molecule has 0 bridgehead atoms. The molecule has 31 heavy (non-hydrogen) atoms. The smallest absolute Gasteiger partial charge is 0.333 e. The maximum atomic E-state index is 13.5. The van der Waals surface area contributed by atoms with Crippen LogP contribution < -0.4 is 16.2 Å². The SMILES string of the molecule is CCN(CC)CCn1c(=O)n(-c2ccc(Cl)cc2Cl)c2c(OC)cc(C(N)=O)cc21.Cl. The number of ether oxygens (including phenoxy) is 1. The topological polar surface area (TPSA) is 82.5 Å². The van der Waals surface area contributed by atoms with Gasteiger partial charge >= 0.3 is 5.69 Å². The normalized spacial score (nSPS) is 11.0. The first-order valence-electron chi connectivity index (χ1n) is 9.63. The van der Waals surface area contributed by atoms with Crippen LogP contribution in [0.5, 0.6) is 5.75 Å². The average molecular weight is 488 g/mol. The highest BCUT2D eigenvalue weighted by molar-refractivity contribution is 6.35. The highest BCUT2D eigenvalue weighted by Crippen LogP contribution is 2.32. The van der Waals surface area contributed by atoms with E-state index < -0.39 is 5.91 Å². The molecule has 0 atom stereocenters. The summed E-state index contributed by atoms with van der Waals surface area (Å²) >= 11 is 12.5. The molecule has 3 rings (SSSR count). The summed E-state index contributed by atoms with van der Waals surface area (Å²) in [5.41, 5.74) is 7.01. The molecule has 0 unspecified atom stereocenters. The highest BCUT2D eigenvalue weighted by Gasteiger charge is 2.22. The summed E-state index contributed by atoms with van der Waals surface area (Å²) in [6.07, 6.45) is 0.